The molecule has 1 aromatic heterocycles. The normalized spacial score (nSPS) is 12.5. The van der Waals surface area contributed by atoms with Crippen LogP contribution in [0.25, 0.3) is 10.9 Å². The van der Waals surface area contributed by atoms with Crippen LogP contribution in [-0.4, -0.2) is 33.4 Å². The van der Waals surface area contributed by atoms with Crippen molar-refractivity contribution in [3.63, 3.8) is 0 Å². The predicted molar refractivity (Wildman–Crippen MR) is 88.1 cm³/mol. The SMILES string of the molecule is Cc1ccc(C(=O)c2nn(CC(=O)O)c3cc4c(cc23)OCO4)cc1. The minimum atomic E-state index is -1.04. The van der Waals surface area contributed by atoms with Gasteiger partial charge in [0.2, 0.25) is 12.6 Å². The Morgan fingerprint density at radius 1 is 1.16 bits per heavy atom. The molecule has 2 heterocycles. The molecule has 7 nitrogen and oxygen atoms in total. The van der Waals surface area contributed by atoms with Crippen molar-refractivity contribution in [1.29, 1.82) is 0 Å². The van der Waals surface area contributed by atoms with E-state index in [-0.39, 0.29) is 24.8 Å². The Labute approximate surface area is 142 Å². The minimum absolute atomic E-state index is 0.0928. The highest BCUT2D eigenvalue weighted by Gasteiger charge is 2.24. The third-order valence-electron chi connectivity index (χ3n) is 4.06. The van der Waals surface area contributed by atoms with Gasteiger partial charge in [-0.2, -0.15) is 5.10 Å². The van der Waals surface area contributed by atoms with Crippen LogP contribution in [0, 0.1) is 6.92 Å². The number of carbonyl (C=O) groups excluding carboxylic acids is 1. The van der Waals surface area contributed by atoms with Crippen LogP contribution in [0.1, 0.15) is 21.6 Å². The quantitative estimate of drug-likeness (QED) is 0.735. The number of ketones is 1. The van der Waals surface area contributed by atoms with Gasteiger partial charge in [-0.05, 0) is 13.0 Å². The molecule has 0 bridgehead atoms. The fourth-order valence-corrected chi connectivity index (χ4v) is 2.82. The number of rotatable bonds is 4. The Morgan fingerprint density at radius 3 is 2.52 bits per heavy atom. The zero-order valence-corrected chi connectivity index (χ0v) is 13.4. The first-order chi connectivity index (χ1) is 12.0. The number of hydrogen-bond donors (Lipinski definition) is 1. The van der Waals surface area contributed by atoms with Crippen molar-refractivity contribution < 1.29 is 24.2 Å². The molecule has 126 valence electrons. The van der Waals surface area contributed by atoms with E-state index in [1.165, 1.54) is 4.68 Å². The highest BCUT2D eigenvalue weighted by molar-refractivity contribution is 6.15. The molecule has 0 spiro atoms. The molecule has 0 unspecified atom stereocenters. The van der Waals surface area contributed by atoms with Gasteiger partial charge in [0.1, 0.15) is 12.2 Å². The van der Waals surface area contributed by atoms with E-state index in [1.807, 2.05) is 19.1 Å². The number of ether oxygens (including phenoxy) is 2. The zero-order chi connectivity index (χ0) is 17.6. The van der Waals surface area contributed by atoms with Crippen LogP contribution in [0.4, 0.5) is 0 Å². The van der Waals surface area contributed by atoms with Crippen molar-refractivity contribution in [3.05, 3.63) is 53.2 Å². The van der Waals surface area contributed by atoms with Crippen LogP contribution in [0.3, 0.4) is 0 Å². The van der Waals surface area contributed by atoms with Gasteiger partial charge in [0, 0.05) is 17.0 Å². The Bertz CT molecular complexity index is 1000. The summed E-state index contributed by atoms with van der Waals surface area (Å²) in [6.45, 7) is 1.68. The first-order valence-electron chi connectivity index (χ1n) is 7.66. The molecule has 0 amide bonds. The number of nitrogens with zero attached hydrogens (tertiary/aromatic N) is 2. The summed E-state index contributed by atoms with van der Waals surface area (Å²) in [4.78, 5) is 24.0. The van der Waals surface area contributed by atoms with Gasteiger partial charge in [-0.15, -0.1) is 0 Å². The van der Waals surface area contributed by atoms with Gasteiger partial charge in [0.15, 0.2) is 11.5 Å². The smallest absolute Gasteiger partial charge is 0.325 e. The van der Waals surface area contributed by atoms with Gasteiger partial charge < -0.3 is 14.6 Å². The first kappa shape index (κ1) is 15.2. The Balaban J connectivity index is 1.89. The second-order valence-electron chi connectivity index (χ2n) is 5.82. The van der Waals surface area contributed by atoms with Crippen molar-refractivity contribution in [1.82, 2.24) is 9.78 Å². The highest BCUT2D eigenvalue weighted by atomic mass is 16.7. The molecule has 4 rings (SSSR count). The molecule has 1 aliphatic heterocycles. The van der Waals surface area contributed by atoms with Gasteiger partial charge in [0.25, 0.3) is 0 Å². The molecule has 0 atom stereocenters. The summed E-state index contributed by atoms with van der Waals surface area (Å²) in [5.74, 6) is -0.293. The molecule has 0 radical (unpaired) electrons. The van der Waals surface area contributed by atoms with E-state index >= 15 is 0 Å². The summed E-state index contributed by atoms with van der Waals surface area (Å²) in [6.07, 6.45) is 0. The lowest BCUT2D eigenvalue weighted by molar-refractivity contribution is -0.137. The van der Waals surface area contributed by atoms with E-state index in [9.17, 15) is 9.59 Å². The summed E-state index contributed by atoms with van der Waals surface area (Å²) in [7, 11) is 0. The predicted octanol–water partition coefficient (Wildman–Crippen LogP) is 2.39. The van der Waals surface area contributed by atoms with Crippen LogP contribution < -0.4 is 9.47 Å². The maximum atomic E-state index is 12.9. The molecule has 7 heteroatoms. The van der Waals surface area contributed by atoms with Gasteiger partial charge >= 0.3 is 5.97 Å². The largest absolute Gasteiger partial charge is 0.480 e. The van der Waals surface area contributed by atoms with Gasteiger partial charge in [-0.25, -0.2) is 0 Å². The zero-order valence-electron chi connectivity index (χ0n) is 13.4. The molecule has 1 N–H and O–H groups in total. The number of carboxylic acids is 1. The Morgan fingerprint density at radius 2 is 1.84 bits per heavy atom. The summed E-state index contributed by atoms with van der Waals surface area (Å²) >= 11 is 0. The van der Waals surface area contributed by atoms with Crippen LogP contribution in [0.15, 0.2) is 36.4 Å². The molecule has 1 aliphatic rings. The van der Waals surface area contributed by atoms with E-state index in [4.69, 9.17) is 14.6 Å². The molecule has 0 saturated carbocycles. The number of aromatic nitrogens is 2. The molecule has 0 aliphatic carbocycles. The molecule has 0 saturated heterocycles. The highest BCUT2D eigenvalue weighted by Crippen LogP contribution is 2.37. The number of carboxylic acid groups (broad SMARTS) is 1. The lowest BCUT2D eigenvalue weighted by Crippen LogP contribution is -2.11. The fourth-order valence-electron chi connectivity index (χ4n) is 2.82. The van der Waals surface area contributed by atoms with E-state index in [1.54, 1.807) is 24.3 Å². The van der Waals surface area contributed by atoms with Crippen molar-refractivity contribution in [3.8, 4) is 11.5 Å². The number of aryl methyl sites for hydroxylation is 1. The van der Waals surface area contributed by atoms with Crippen molar-refractivity contribution >= 4 is 22.7 Å². The summed E-state index contributed by atoms with van der Waals surface area (Å²) in [6, 6.07) is 10.5. The van der Waals surface area contributed by atoms with Crippen molar-refractivity contribution in [2.24, 2.45) is 0 Å². The molecular weight excluding hydrogens is 324 g/mol. The number of aliphatic carboxylic acids is 1. The standard InChI is InChI=1S/C18H14N2O5/c1-10-2-4-11(5-3-10)18(23)17-12-6-14-15(25-9-24-14)7-13(12)20(19-17)8-16(21)22/h2-7H,8-9H2,1H3,(H,21,22). The number of benzene rings is 2. The number of carbonyl (C=O) groups is 2. The molecular formula is C18H14N2O5. The van der Waals surface area contributed by atoms with Crippen LogP contribution >= 0.6 is 0 Å². The van der Waals surface area contributed by atoms with E-state index in [0.717, 1.165) is 5.56 Å². The maximum absolute atomic E-state index is 12.9. The van der Waals surface area contributed by atoms with Crippen LogP contribution in [0.5, 0.6) is 11.5 Å². The average Bonchev–Trinajstić information content (AvgIpc) is 3.17. The van der Waals surface area contributed by atoms with Gasteiger partial charge in [-0.3, -0.25) is 14.3 Å². The second-order valence-corrected chi connectivity index (χ2v) is 5.82. The second kappa shape index (κ2) is 5.62. The first-order valence-corrected chi connectivity index (χ1v) is 7.66. The van der Waals surface area contributed by atoms with E-state index in [2.05, 4.69) is 5.10 Å². The van der Waals surface area contributed by atoms with Gasteiger partial charge in [-0.1, -0.05) is 29.8 Å². The monoisotopic (exact) mass is 338 g/mol. The maximum Gasteiger partial charge on any atom is 0.325 e. The van der Waals surface area contributed by atoms with Crippen molar-refractivity contribution in [2.75, 3.05) is 6.79 Å². The number of hydrogen-bond acceptors (Lipinski definition) is 5. The summed E-state index contributed by atoms with van der Waals surface area (Å²) < 4.78 is 12.0. The summed E-state index contributed by atoms with van der Waals surface area (Å²) in [5.41, 5.74) is 2.24. The third-order valence-corrected chi connectivity index (χ3v) is 4.06. The lowest BCUT2D eigenvalue weighted by Gasteiger charge is -2.01. The van der Waals surface area contributed by atoms with Crippen molar-refractivity contribution in [2.45, 2.75) is 13.5 Å². The third kappa shape index (κ3) is 2.59. The molecule has 2 aromatic carbocycles. The average molecular weight is 338 g/mol. The molecule has 0 fully saturated rings. The van der Waals surface area contributed by atoms with E-state index in [0.29, 0.717) is 28.0 Å². The lowest BCUT2D eigenvalue weighted by atomic mass is 10.0. The van der Waals surface area contributed by atoms with E-state index < -0.39 is 5.97 Å². The Hall–Kier alpha value is -3.35. The number of fused-ring (bicyclic) bond motifs is 2. The Kier molecular flexibility index (Phi) is 3.42. The van der Waals surface area contributed by atoms with Crippen LogP contribution in [0.2, 0.25) is 0 Å². The van der Waals surface area contributed by atoms with Gasteiger partial charge in [0.05, 0.1) is 5.52 Å². The topological polar surface area (TPSA) is 90.7 Å². The van der Waals surface area contributed by atoms with Crippen LogP contribution in [-0.2, 0) is 11.3 Å². The summed E-state index contributed by atoms with van der Waals surface area (Å²) in [5, 5.41) is 13.9. The fraction of sp³-hybridized carbons (Fsp3) is 0.167. The minimum Gasteiger partial charge on any atom is -0.480 e. The molecule has 3 aromatic rings. The molecule has 25 heavy (non-hydrogen) atoms.